The lowest BCUT2D eigenvalue weighted by atomic mass is 10.0. The van der Waals surface area contributed by atoms with E-state index in [1.54, 1.807) is 7.11 Å². The Balaban J connectivity index is 1.33. The van der Waals surface area contributed by atoms with E-state index < -0.39 is 0 Å². The molecule has 2 atom stereocenters. The van der Waals surface area contributed by atoms with Crippen LogP contribution in [-0.2, 0) is 9.53 Å². The Bertz CT molecular complexity index is 1140. The van der Waals surface area contributed by atoms with Crippen molar-refractivity contribution in [1.29, 1.82) is 0 Å². The Morgan fingerprint density at radius 1 is 1.23 bits per heavy atom. The van der Waals surface area contributed by atoms with E-state index in [0.29, 0.717) is 37.1 Å². The third-order valence-electron chi connectivity index (χ3n) is 7.24. The number of methoxy groups -OCH3 is 1. The van der Waals surface area contributed by atoms with E-state index in [9.17, 15) is 4.79 Å². The number of nitrogens with one attached hydrogen (secondary N) is 2. The number of hydrogen-bond acceptors (Lipinski definition) is 7. The number of fused-ring (bicyclic) bond motifs is 1. The average molecular weight is 480 g/mol. The fraction of sp³-hybridized carbons (Fsp3) is 0.615. The van der Waals surface area contributed by atoms with Crippen LogP contribution in [0.15, 0.2) is 24.4 Å². The zero-order valence-corrected chi connectivity index (χ0v) is 20.9. The maximum Gasteiger partial charge on any atom is 0.246 e. The Labute approximate surface area is 206 Å². The molecule has 35 heavy (non-hydrogen) atoms. The third-order valence-corrected chi connectivity index (χ3v) is 7.24. The van der Waals surface area contributed by atoms with Gasteiger partial charge in [-0.05, 0) is 31.4 Å². The smallest absolute Gasteiger partial charge is 0.246 e. The Kier molecular flexibility index (Phi) is 7.32. The summed E-state index contributed by atoms with van der Waals surface area (Å²) in [6.07, 6.45) is 12.6. The second kappa shape index (κ2) is 10.8. The first-order valence-corrected chi connectivity index (χ1v) is 13.2. The quantitative estimate of drug-likeness (QED) is 0.333. The van der Waals surface area contributed by atoms with Gasteiger partial charge < -0.3 is 15.0 Å². The molecule has 1 saturated heterocycles. The lowest BCUT2D eigenvalue weighted by Crippen LogP contribution is -2.37. The second-order valence-electron chi connectivity index (χ2n) is 9.95. The number of nitrogens with zero attached hydrogens (tertiary/aromatic N) is 5. The largest absolute Gasteiger partial charge is 0.380 e. The molecule has 2 fully saturated rings. The molecule has 0 radical (unpaired) electrons. The van der Waals surface area contributed by atoms with Gasteiger partial charge >= 0.3 is 0 Å². The van der Waals surface area contributed by atoms with Crippen LogP contribution in [-0.4, -0.2) is 56.4 Å². The highest BCUT2D eigenvalue weighted by molar-refractivity contribution is 5.87. The molecule has 3 aromatic rings. The minimum absolute atomic E-state index is 0.0127. The van der Waals surface area contributed by atoms with Gasteiger partial charge in [-0.25, -0.2) is 4.52 Å². The highest BCUT2D eigenvalue weighted by Crippen LogP contribution is 2.40. The predicted molar refractivity (Wildman–Crippen MR) is 136 cm³/mol. The van der Waals surface area contributed by atoms with Gasteiger partial charge in [0.05, 0.1) is 12.1 Å². The SMILES string of the molecule is CCCCCCCCC(=O)[C@@H]1C[C@@H](OC)CN1c1nc(Nc2cc(C3CC3)[nH]n2)c2cccn2n1. The summed E-state index contributed by atoms with van der Waals surface area (Å²) in [5.41, 5.74) is 2.03. The summed E-state index contributed by atoms with van der Waals surface area (Å²) >= 11 is 0. The van der Waals surface area contributed by atoms with E-state index in [1.165, 1.54) is 38.5 Å². The molecule has 1 aliphatic heterocycles. The fourth-order valence-electron chi connectivity index (χ4n) is 5.00. The van der Waals surface area contributed by atoms with Crippen LogP contribution in [0, 0.1) is 0 Å². The van der Waals surface area contributed by atoms with Gasteiger partial charge in [0.2, 0.25) is 5.95 Å². The first kappa shape index (κ1) is 23.8. The lowest BCUT2D eigenvalue weighted by Gasteiger charge is -2.24. The van der Waals surface area contributed by atoms with E-state index in [1.807, 2.05) is 27.7 Å². The first-order valence-electron chi connectivity index (χ1n) is 13.2. The van der Waals surface area contributed by atoms with Crippen LogP contribution in [0.25, 0.3) is 5.52 Å². The van der Waals surface area contributed by atoms with Crippen molar-refractivity contribution in [3.05, 3.63) is 30.1 Å². The summed E-state index contributed by atoms with van der Waals surface area (Å²) in [7, 11) is 1.71. The van der Waals surface area contributed by atoms with Crippen LogP contribution < -0.4 is 10.2 Å². The predicted octanol–water partition coefficient (Wildman–Crippen LogP) is 4.99. The number of aromatic amines is 1. The summed E-state index contributed by atoms with van der Waals surface area (Å²) in [5.74, 6) is 2.81. The molecule has 9 nitrogen and oxygen atoms in total. The molecular weight excluding hydrogens is 442 g/mol. The van der Waals surface area contributed by atoms with Crippen molar-refractivity contribution in [3.8, 4) is 0 Å². The van der Waals surface area contributed by atoms with Crippen LogP contribution in [0.1, 0.15) is 82.7 Å². The van der Waals surface area contributed by atoms with Crippen LogP contribution in [0.3, 0.4) is 0 Å². The maximum atomic E-state index is 13.3. The molecule has 3 aromatic heterocycles. The molecule has 188 valence electrons. The number of ether oxygens (including phenoxy) is 1. The van der Waals surface area contributed by atoms with Crippen LogP contribution in [0.4, 0.5) is 17.6 Å². The Hall–Kier alpha value is -2.94. The molecule has 9 heteroatoms. The fourth-order valence-corrected chi connectivity index (χ4v) is 5.00. The van der Waals surface area contributed by atoms with Crippen molar-refractivity contribution in [1.82, 2.24) is 24.8 Å². The summed E-state index contributed by atoms with van der Waals surface area (Å²) in [4.78, 5) is 20.2. The number of aromatic nitrogens is 5. The van der Waals surface area contributed by atoms with Crippen molar-refractivity contribution >= 4 is 28.9 Å². The van der Waals surface area contributed by atoms with Crippen molar-refractivity contribution in [2.75, 3.05) is 23.9 Å². The molecule has 2 aliphatic rings. The molecule has 0 unspecified atom stereocenters. The van der Waals surface area contributed by atoms with Gasteiger partial charge in [0.15, 0.2) is 17.4 Å². The minimum Gasteiger partial charge on any atom is -0.380 e. The molecule has 0 amide bonds. The second-order valence-corrected chi connectivity index (χ2v) is 9.95. The first-order chi connectivity index (χ1) is 17.2. The summed E-state index contributed by atoms with van der Waals surface area (Å²) in [6.45, 7) is 2.82. The summed E-state index contributed by atoms with van der Waals surface area (Å²) < 4.78 is 7.47. The number of unbranched alkanes of at least 4 members (excludes halogenated alkanes) is 5. The Morgan fingerprint density at radius 2 is 2.06 bits per heavy atom. The number of Topliss-reactive ketones (excluding diaryl/α,β-unsaturated/α-hetero) is 1. The molecule has 5 rings (SSSR count). The van der Waals surface area contributed by atoms with Crippen molar-refractivity contribution in [3.63, 3.8) is 0 Å². The monoisotopic (exact) mass is 479 g/mol. The van der Waals surface area contributed by atoms with Gasteiger partial charge in [0.1, 0.15) is 5.52 Å². The number of carbonyl (C=O) groups excluding carboxylic acids is 1. The molecule has 1 aliphatic carbocycles. The molecule has 0 spiro atoms. The van der Waals surface area contributed by atoms with E-state index in [0.717, 1.165) is 29.9 Å². The zero-order valence-electron chi connectivity index (χ0n) is 20.9. The van der Waals surface area contributed by atoms with Crippen molar-refractivity contribution < 1.29 is 9.53 Å². The molecule has 4 heterocycles. The number of anilines is 3. The third kappa shape index (κ3) is 5.50. The van der Waals surface area contributed by atoms with E-state index >= 15 is 0 Å². The highest BCUT2D eigenvalue weighted by atomic mass is 16.5. The van der Waals surface area contributed by atoms with Crippen LogP contribution in [0.2, 0.25) is 0 Å². The van der Waals surface area contributed by atoms with Crippen molar-refractivity contribution in [2.45, 2.75) is 89.2 Å². The van der Waals surface area contributed by atoms with Gasteiger partial charge in [0.25, 0.3) is 0 Å². The van der Waals surface area contributed by atoms with E-state index in [-0.39, 0.29) is 17.9 Å². The maximum absolute atomic E-state index is 13.3. The van der Waals surface area contributed by atoms with Crippen molar-refractivity contribution in [2.24, 2.45) is 0 Å². The van der Waals surface area contributed by atoms with E-state index in [2.05, 4.69) is 28.5 Å². The topological polar surface area (TPSA) is 100 Å². The molecule has 2 N–H and O–H groups in total. The average Bonchev–Trinajstić information content (AvgIpc) is 3.25. The molecular formula is C26H37N7O2. The number of carbonyl (C=O) groups is 1. The van der Waals surface area contributed by atoms with Gasteiger partial charge in [0, 0.05) is 50.4 Å². The van der Waals surface area contributed by atoms with Gasteiger partial charge in [-0.1, -0.05) is 39.0 Å². The van der Waals surface area contributed by atoms with Gasteiger partial charge in [-0.2, -0.15) is 10.1 Å². The van der Waals surface area contributed by atoms with Gasteiger partial charge in [-0.15, -0.1) is 5.10 Å². The molecule has 0 bridgehead atoms. The van der Waals surface area contributed by atoms with Gasteiger partial charge in [-0.3, -0.25) is 9.89 Å². The standard InChI is InChI=1S/C26H37N7O2/c1-3-4-5-6-7-8-11-23(34)22-15-19(35-2)17-32(22)26-28-25(21-10-9-14-33(21)31-26)27-24-16-20(29-30-24)18-12-13-18/h9-10,14,16,18-19,22H,3-8,11-13,15,17H2,1-2H3,(H2,27,28,29,30,31)/t19-,22+/m1/s1. The molecule has 1 saturated carbocycles. The lowest BCUT2D eigenvalue weighted by molar-refractivity contribution is -0.120. The Morgan fingerprint density at radius 3 is 2.86 bits per heavy atom. The zero-order chi connectivity index (χ0) is 24.2. The minimum atomic E-state index is -0.261. The number of H-pyrrole nitrogens is 1. The summed E-state index contributed by atoms with van der Waals surface area (Å²) in [5, 5.41) is 15.7. The normalized spacial score (nSPS) is 20.1. The van der Waals surface area contributed by atoms with Crippen LogP contribution >= 0.6 is 0 Å². The number of hydrogen-bond donors (Lipinski definition) is 2. The number of rotatable bonds is 13. The number of ketones is 1. The van der Waals surface area contributed by atoms with Crippen LogP contribution in [0.5, 0.6) is 0 Å². The van der Waals surface area contributed by atoms with E-state index in [4.69, 9.17) is 14.8 Å². The highest BCUT2D eigenvalue weighted by Gasteiger charge is 2.38. The molecule has 0 aromatic carbocycles. The summed E-state index contributed by atoms with van der Waals surface area (Å²) in [6, 6.07) is 5.72.